The monoisotopic (exact) mass is 270 g/mol. The van der Waals surface area contributed by atoms with E-state index in [9.17, 15) is 0 Å². The fourth-order valence-corrected chi connectivity index (χ4v) is 0. The average Bonchev–Trinajstić information content (AvgIpc) is 0.722. The van der Waals surface area contributed by atoms with Gasteiger partial charge in [0.2, 0.25) is 0 Å². The SMILES string of the molecule is O=S(=O)([O-])[O-].[Yb+2]. The van der Waals surface area contributed by atoms with Crippen LogP contribution in [-0.2, 0) is 10.4 Å². The molecule has 0 bridgehead atoms. The maximum Gasteiger partial charge on any atom is 2.00 e. The fourth-order valence-electron chi connectivity index (χ4n) is 0. The standard InChI is InChI=1S/H2O4S.Yb/c1-5(2,3)4;/h(H2,1,2,3,4);/q;+2/p-2. The van der Waals surface area contributed by atoms with Gasteiger partial charge in [0.15, 0.2) is 0 Å². The molecule has 6 heteroatoms. The van der Waals surface area contributed by atoms with Gasteiger partial charge in [0.05, 0.1) is 0 Å². The van der Waals surface area contributed by atoms with Crippen LogP contribution in [0.1, 0.15) is 0 Å². The molecule has 0 rings (SSSR count). The van der Waals surface area contributed by atoms with E-state index in [0.29, 0.717) is 0 Å². The van der Waals surface area contributed by atoms with Gasteiger partial charge >= 0.3 is 46.9 Å². The van der Waals surface area contributed by atoms with Crippen LogP contribution in [-0.4, -0.2) is 17.5 Å². The van der Waals surface area contributed by atoms with E-state index in [4.69, 9.17) is 17.5 Å². The van der Waals surface area contributed by atoms with E-state index < -0.39 is 10.4 Å². The van der Waals surface area contributed by atoms with Crippen molar-refractivity contribution < 1.29 is 64.4 Å². The Kier molecular flexibility index (Phi) is 5.88. The molecule has 0 aromatic rings. The third kappa shape index (κ3) is 53.8. The van der Waals surface area contributed by atoms with Gasteiger partial charge in [0, 0.05) is 10.4 Å². The molecule has 0 aromatic heterocycles. The van der Waals surface area contributed by atoms with Crippen molar-refractivity contribution in [3.63, 3.8) is 0 Å². The van der Waals surface area contributed by atoms with Crippen LogP contribution in [0.3, 0.4) is 0 Å². The fraction of sp³-hybridized carbons (Fsp3) is 0. The molecular formula is O4SYb. The predicted molar refractivity (Wildman–Crippen MR) is 10.5 cm³/mol. The smallest absolute Gasteiger partial charge is 0.759 e. The minimum Gasteiger partial charge on any atom is -0.759 e. The van der Waals surface area contributed by atoms with Crippen LogP contribution in [0.2, 0.25) is 0 Å². The van der Waals surface area contributed by atoms with Gasteiger partial charge in [-0.1, -0.05) is 0 Å². The predicted octanol–water partition coefficient (Wildman–Crippen LogP) is -1.34. The molecule has 0 N–H and O–H groups in total. The molecule has 0 saturated carbocycles. The summed E-state index contributed by atoms with van der Waals surface area (Å²) in [6.07, 6.45) is 0. The molecule has 0 atom stereocenters. The third-order valence-corrected chi connectivity index (χ3v) is 0. The van der Waals surface area contributed by atoms with Crippen molar-refractivity contribution in [2.75, 3.05) is 0 Å². The van der Waals surface area contributed by atoms with Gasteiger partial charge in [-0.25, -0.2) is 0 Å². The molecule has 0 aromatic carbocycles. The molecule has 0 amide bonds. The van der Waals surface area contributed by atoms with Crippen LogP contribution in [0, 0.1) is 46.9 Å². The maximum absolute atomic E-state index is 8.52. The molecule has 0 unspecified atom stereocenters. The Labute approximate surface area is 73.7 Å². The van der Waals surface area contributed by atoms with Gasteiger partial charge in [-0.05, 0) is 0 Å². The number of hydrogen-bond donors (Lipinski definition) is 0. The van der Waals surface area contributed by atoms with E-state index in [1.54, 1.807) is 0 Å². The van der Waals surface area contributed by atoms with E-state index >= 15 is 0 Å². The van der Waals surface area contributed by atoms with Gasteiger partial charge in [-0.3, -0.25) is 8.42 Å². The Bertz CT molecular complexity index is 90.7. The minimum absolute atomic E-state index is 0. The van der Waals surface area contributed by atoms with Crippen molar-refractivity contribution in [1.82, 2.24) is 0 Å². The molecule has 0 aliphatic rings. The van der Waals surface area contributed by atoms with Crippen molar-refractivity contribution >= 4 is 10.4 Å². The first kappa shape index (κ1) is 10.4. The van der Waals surface area contributed by atoms with Gasteiger partial charge < -0.3 is 9.11 Å². The Morgan fingerprint density at radius 3 is 1.17 bits per heavy atom. The summed E-state index contributed by atoms with van der Waals surface area (Å²) in [5, 5.41) is 0. The second kappa shape index (κ2) is 3.40. The summed E-state index contributed by atoms with van der Waals surface area (Å²) < 4.78 is 34.1. The summed E-state index contributed by atoms with van der Waals surface area (Å²) in [6, 6.07) is 0. The number of hydrogen-bond acceptors (Lipinski definition) is 4. The summed E-state index contributed by atoms with van der Waals surface area (Å²) in [5.41, 5.74) is 0. The Morgan fingerprint density at radius 1 is 1.17 bits per heavy atom. The molecule has 0 aliphatic carbocycles. The van der Waals surface area contributed by atoms with Gasteiger partial charge in [-0.2, -0.15) is 0 Å². The van der Waals surface area contributed by atoms with Crippen LogP contribution in [0.25, 0.3) is 0 Å². The quantitative estimate of drug-likeness (QED) is 0.403. The molecule has 0 heterocycles. The Hall–Kier alpha value is 1.39. The zero-order valence-corrected chi connectivity index (χ0v) is 4.84. The zero-order valence-electron chi connectivity index (χ0n) is 2.31. The van der Waals surface area contributed by atoms with Crippen molar-refractivity contribution in [3.05, 3.63) is 0 Å². The van der Waals surface area contributed by atoms with Gasteiger partial charge in [0.1, 0.15) is 0 Å². The molecule has 0 radical (unpaired) electrons. The van der Waals surface area contributed by atoms with E-state index in [1.807, 2.05) is 0 Å². The molecule has 0 fully saturated rings. The largest absolute Gasteiger partial charge is 2.00 e. The first-order valence-corrected chi connectivity index (χ1v) is 2.00. The van der Waals surface area contributed by atoms with E-state index in [0.717, 1.165) is 0 Å². The van der Waals surface area contributed by atoms with Gasteiger partial charge in [-0.15, -0.1) is 0 Å². The Balaban J connectivity index is 0. The van der Waals surface area contributed by atoms with Crippen LogP contribution < -0.4 is 0 Å². The van der Waals surface area contributed by atoms with Crippen molar-refractivity contribution in [2.24, 2.45) is 0 Å². The van der Waals surface area contributed by atoms with E-state index in [1.165, 1.54) is 0 Å². The summed E-state index contributed by atoms with van der Waals surface area (Å²) in [7, 11) is -5.17. The van der Waals surface area contributed by atoms with Crippen LogP contribution in [0.15, 0.2) is 0 Å². The second-order valence-corrected chi connectivity index (χ2v) is 1.22. The van der Waals surface area contributed by atoms with Crippen molar-refractivity contribution in [3.8, 4) is 0 Å². The first-order valence-electron chi connectivity index (χ1n) is 0.667. The van der Waals surface area contributed by atoms with Crippen molar-refractivity contribution in [2.45, 2.75) is 0 Å². The maximum atomic E-state index is 8.52. The topological polar surface area (TPSA) is 80.3 Å². The molecular weight excluding hydrogens is 269 g/mol. The molecule has 0 spiro atoms. The molecule has 0 saturated heterocycles. The summed E-state index contributed by atoms with van der Waals surface area (Å²) in [4.78, 5) is 0. The normalized spacial score (nSPS) is 9.67. The Morgan fingerprint density at radius 2 is 1.17 bits per heavy atom. The average molecular weight is 269 g/mol. The van der Waals surface area contributed by atoms with Gasteiger partial charge in [0.25, 0.3) is 0 Å². The summed E-state index contributed by atoms with van der Waals surface area (Å²) in [5.74, 6) is 0. The van der Waals surface area contributed by atoms with E-state index in [-0.39, 0.29) is 46.9 Å². The minimum atomic E-state index is -5.17. The summed E-state index contributed by atoms with van der Waals surface area (Å²) in [6.45, 7) is 0. The molecule has 0 aliphatic heterocycles. The third-order valence-electron chi connectivity index (χ3n) is 0. The van der Waals surface area contributed by atoms with Crippen LogP contribution in [0.5, 0.6) is 0 Å². The molecule has 44 valence electrons. The number of rotatable bonds is 0. The van der Waals surface area contributed by atoms with E-state index in [2.05, 4.69) is 0 Å². The van der Waals surface area contributed by atoms with Crippen molar-refractivity contribution in [1.29, 1.82) is 0 Å². The first-order chi connectivity index (χ1) is 2.00. The van der Waals surface area contributed by atoms with Crippen LogP contribution in [0.4, 0.5) is 0 Å². The summed E-state index contributed by atoms with van der Waals surface area (Å²) >= 11 is 0. The zero-order chi connectivity index (χ0) is 4.50. The molecule has 4 nitrogen and oxygen atoms in total. The second-order valence-electron chi connectivity index (χ2n) is 0.408. The molecule has 6 heavy (non-hydrogen) atoms. The van der Waals surface area contributed by atoms with Crippen LogP contribution >= 0.6 is 0 Å².